The van der Waals surface area contributed by atoms with Gasteiger partial charge in [0, 0.05) is 5.56 Å². The summed E-state index contributed by atoms with van der Waals surface area (Å²) < 4.78 is 10.9. The molecule has 37 heavy (non-hydrogen) atoms. The van der Waals surface area contributed by atoms with Crippen LogP contribution in [0.25, 0.3) is 4.85 Å². The maximum Gasteiger partial charge on any atom is 0.269 e. The number of carbonyl (C=O) groups is 2. The van der Waals surface area contributed by atoms with E-state index in [1.165, 1.54) is 6.92 Å². The van der Waals surface area contributed by atoms with Crippen LogP contribution in [-0.2, 0) is 17.8 Å². The number of benzene rings is 3. The first kappa shape index (κ1) is 27.5. The molecule has 0 aliphatic carbocycles. The summed E-state index contributed by atoms with van der Waals surface area (Å²) in [6.07, 6.45) is -0.804. The lowest BCUT2D eigenvalue weighted by Crippen LogP contribution is -2.47. The first-order valence-corrected chi connectivity index (χ1v) is 11.9. The molecule has 0 fully saturated rings. The van der Waals surface area contributed by atoms with Crippen LogP contribution in [0.3, 0.4) is 0 Å². The minimum absolute atomic E-state index is 0.184. The minimum atomic E-state index is -0.988. The molecule has 0 radical (unpaired) electrons. The molecular formula is C28H28ClN3O5. The maximum absolute atomic E-state index is 12.8. The van der Waals surface area contributed by atoms with Crippen molar-refractivity contribution in [2.24, 2.45) is 5.92 Å². The highest BCUT2D eigenvalue weighted by Crippen LogP contribution is 2.32. The van der Waals surface area contributed by atoms with Gasteiger partial charge in [-0.2, -0.15) is 0 Å². The largest absolute Gasteiger partial charge is 0.497 e. The van der Waals surface area contributed by atoms with Crippen molar-refractivity contribution >= 4 is 29.1 Å². The Labute approximate surface area is 221 Å². The van der Waals surface area contributed by atoms with Crippen LogP contribution >= 0.6 is 11.6 Å². The molecule has 0 aliphatic rings. The van der Waals surface area contributed by atoms with E-state index in [0.29, 0.717) is 34.2 Å². The maximum atomic E-state index is 12.8. The molecule has 192 valence electrons. The Morgan fingerprint density at radius 1 is 1.03 bits per heavy atom. The van der Waals surface area contributed by atoms with E-state index in [-0.39, 0.29) is 6.42 Å². The van der Waals surface area contributed by atoms with E-state index in [4.69, 9.17) is 27.6 Å². The fourth-order valence-electron chi connectivity index (χ4n) is 3.61. The van der Waals surface area contributed by atoms with Crippen LogP contribution in [0, 0.1) is 19.4 Å². The van der Waals surface area contributed by atoms with Crippen molar-refractivity contribution in [3.8, 4) is 11.5 Å². The lowest BCUT2D eigenvalue weighted by molar-refractivity contribution is -0.128. The number of amides is 2. The number of nitrogens with one attached hydrogen (secondary N) is 2. The van der Waals surface area contributed by atoms with Gasteiger partial charge in [0.05, 0.1) is 30.7 Å². The lowest BCUT2D eigenvalue weighted by Gasteiger charge is -2.21. The first-order valence-electron chi connectivity index (χ1n) is 11.5. The van der Waals surface area contributed by atoms with Gasteiger partial charge < -0.3 is 14.6 Å². The zero-order valence-electron chi connectivity index (χ0n) is 20.7. The van der Waals surface area contributed by atoms with Crippen molar-refractivity contribution in [2.75, 3.05) is 7.11 Å². The van der Waals surface area contributed by atoms with Crippen molar-refractivity contribution in [1.29, 1.82) is 0 Å². The van der Waals surface area contributed by atoms with E-state index in [0.717, 1.165) is 16.9 Å². The third-order valence-electron chi connectivity index (χ3n) is 5.94. The summed E-state index contributed by atoms with van der Waals surface area (Å²) in [7, 11) is 1.61. The normalized spacial score (nSPS) is 12.1. The second-order valence-corrected chi connectivity index (χ2v) is 8.83. The number of aliphatic hydroxyl groups excluding tert-OH is 1. The average molecular weight is 522 g/mol. The van der Waals surface area contributed by atoms with Crippen LogP contribution in [0.5, 0.6) is 11.5 Å². The Bertz CT molecular complexity index is 1280. The topological polar surface area (TPSA) is 101 Å². The van der Waals surface area contributed by atoms with E-state index >= 15 is 0 Å². The number of rotatable bonds is 9. The summed E-state index contributed by atoms with van der Waals surface area (Å²) in [5.41, 5.74) is 7.79. The van der Waals surface area contributed by atoms with Gasteiger partial charge in [-0.3, -0.25) is 20.4 Å². The van der Waals surface area contributed by atoms with Gasteiger partial charge in [0.1, 0.15) is 18.1 Å². The third-order valence-corrected chi connectivity index (χ3v) is 6.41. The molecule has 0 aromatic heterocycles. The smallest absolute Gasteiger partial charge is 0.269 e. The number of hydrazine groups is 1. The molecule has 3 aromatic rings. The van der Waals surface area contributed by atoms with Crippen molar-refractivity contribution in [3.63, 3.8) is 0 Å². The van der Waals surface area contributed by atoms with E-state index in [2.05, 4.69) is 15.7 Å². The van der Waals surface area contributed by atoms with Crippen LogP contribution in [0.15, 0.2) is 60.7 Å². The van der Waals surface area contributed by atoms with Crippen molar-refractivity contribution in [1.82, 2.24) is 10.9 Å². The quantitative estimate of drug-likeness (QED) is 0.278. The summed E-state index contributed by atoms with van der Waals surface area (Å²) in [5.74, 6) is -0.556. The second kappa shape index (κ2) is 12.8. The monoisotopic (exact) mass is 521 g/mol. The Balaban J connectivity index is 1.55. The predicted molar refractivity (Wildman–Crippen MR) is 141 cm³/mol. The number of methoxy groups -OCH3 is 1. The van der Waals surface area contributed by atoms with E-state index in [1.54, 1.807) is 50.4 Å². The molecule has 0 saturated carbocycles. The molecule has 0 saturated heterocycles. The van der Waals surface area contributed by atoms with E-state index in [1.807, 2.05) is 24.3 Å². The molecule has 0 bridgehead atoms. The van der Waals surface area contributed by atoms with Gasteiger partial charge in [-0.25, -0.2) is 4.85 Å². The predicted octanol–water partition coefficient (Wildman–Crippen LogP) is 4.79. The van der Waals surface area contributed by atoms with Gasteiger partial charge in [0.2, 0.25) is 11.6 Å². The van der Waals surface area contributed by atoms with Crippen molar-refractivity contribution in [2.45, 2.75) is 33.0 Å². The molecule has 0 unspecified atom stereocenters. The van der Waals surface area contributed by atoms with Gasteiger partial charge >= 0.3 is 0 Å². The highest BCUT2D eigenvalue weighted by Gasteiger charge is 2.26. The highest BCUT2D eigenvalue weighted by atomic mass is 35.5. The van der Waals surface area contributed by atoms with Gasteiger partial charge in [-0.05, 0) is 73.4 Å². The summed E-state index contributed by atoms with van der Waals surface area (Å²) in [6, 6.07) is 17.3. The fourth-order valence-corrected chi connectivity index (χ4v) is 3.84. The van der Waals surface area contributed by atoms with Crippen molar-refractivity contribution in [3.05, 3.63) is 99.4 Å². The molecule has 9 heteroatoms. The van der Waals surface area contributed by atoms with Gasteiger partial charge in [-0.1, -0.05) is 35.9 Å². The SMILES string of the molecule is [C-]#[N+]c1ccc(C[C@@H](C(=O)NNC(=O)c2ccc(OCc3ccc(OC)cc3)cc2)[C@H](C)O)c(C)c1Cl. The Morgan fingerprint density at radius 3 is 2.27 bits per heavy atom. The Morgan fingerprint density at radius 2 is 1.68 bits per heavy atom. The number of hydrogen-bond acceptors (Lipinski definition) is 5. The molecule has 0 heterocycles. The van der Waals surface area contributed by atoms with Gasteiger partial charge in [0.25, 0.3) is 5.91 Å². The van der Waals surface area contributed by atoms with Crippen molar-refractivity contribution < 1.29 is 24.2 Å². The van der Waals surface area contributed by atoms with Crippen LogP contribution in [0.4, 0.5) is 5.69 Å². The van der Waals surface area contributed by atoms with Crippen LogP contribution in [-0.4, -0.2) is 30.1 Å². The van der Waals surface area contributed by atoms with Gasteiger partial charge in [-0.15, -0.1) is 0 Å². The summed E-state index contributed by atoms with van der Waals surface area (Å²) >= 11 is 6.24. The molecule has 2 atom stereocenters. The number of ether oxygens (including phenoxy) is 2. The van der Waals surface area contributed by atoms with E-state index in [9.17, 15) is 14.7 Å². The zero-order chi connectivity index (χ0) is 26.9. The Kier molecular flexibility index (Phi) is 9.50. The number of halogens is 1. The summed E-state index contributed by atoms with van der Waals surface area (Å²) in [5, 5.41) is 10.5. The van der Waals surface area contributed by atoms with Crippen LogP contribution in [0.1, 0.15) is 34.0 Å². The number of hydrogen-bond donors (Lipinski definition) is 3. The first-order chi connectivity index (χ1) is 17.7. The molecule has 2 amide bonds. The molecule has 3 N–H and O–H groups in total. The molecule has 0 spiro atoms. The molecule has 3 rings (SSSR count). The molecule has 8 nitrogen and oxygen atoms in total. The van der Waals surface area contributed by atoms with Gasteiger partial charge in [0.15, 0.2) is 0 Å². The Hall–Kier alpha value is -4.06. The average Bonchev–Trinajstić information content (AvgIpc) is 2.91. The van der Waals surface area contributed by atoms with Crippen LogP contribution in [0.2, 0.25) is 5.02 Å². The summed E-state index contributed by atoms with van der Waals surface area (Å²) in [4.78, 5) is 28.7. The highest BCUT2D eigenvalue weighted by molar-refractivity contribution is 6.34. The zero-order valence-corrected chi connectivity index (χ0v) is 21.5. The fraction of sp³-hybridized carbons (Fsp3) is 0.250. The molecule has 0 aliphatic heterocycles. The number of nitrogens with zero attached hydrogens (tertiary/aromatic N) is 1. The minimum Gasteiger partial charge on any atom is -0.497 e. The lowest BCUT2D eigenvalue weighted by atomic mass is 9.91. The summed E-state index contributed by atoms with van der Waals surface area (Å²) in [6.45, 7) is 10.8. The number of aliphatic hydroxyl groups is 1. The standard InChI is InChI=1S/C28H28ClN3O5/c1-17-21(9-14-25(30-3)26(17)29)15-24(18(2)33)28(35)32-31-27(34)20-7-12-23(13-8-20)37-16-19-5-10-22(36-4)11-6-19/h5-14,18,24,33H,15-16H2,1-2,4H3,(H,31,34)(H,32,35)/t18-,24+/m0/s1. The number of carbonyl (C=O) groups excluding carboxylic acids is 2. The third kappa shape index (κ3) is 7.23. The van der Waals surface area contributed by atoms with E-state index < -0.39 is 23.8 Å². The van der Waals surface area contributed by atoms with Crippen LogP contribution < -0.4 is 20.3 Å². The second-order valence-electron chi connectivity index (χ2n) is 8.45. The molecular weight excluding hydrogens is 494 g/mol. The molecule has 3 aromatic carbocycles.